The Kier molecular flexibility index (Phi) is 21.6. The van der Waals surface area contributed by atoms with Crippen molar-refractivity contribution in [1.82, 2.24) is 15.5 Å². The molecule has 0 saturated heterocycles. The van der Waals surface area contributed by atoms with Crippen LogP contribution in [0.1, 0.15) is 67.2 Å². The van der Waals surface area contributed by atoms with Crippen molar-refractivity contribution in [3.05, 3.63) is 0 Å². The topological polar surface area (TPSA) is 134 Å². The number of unbranched alkanes of at least 4 members (excludes halogenated alkanes) is 1. The molecule has 0 aliphatic carbocycles. The minimum absolute atomic E-state index is 0.0382. The number of terminal acetylenes is 1. The fourth-order valence-electron chi connectivity index (χ4n) is 3.18. The first-order valence-electron chi connectivity index (χ1n) is 14.3. The lowest BCUT2D eigenvalue weighted by atomic mass is 10.2. The number of amides is 3. The fourth-order valence-corrected chi connectivity index (χ4v) is 3.18. The molecule has 0 saturated carbocycles. The van der Waals surface area contributed by atoms with Crippen molar-refractivity contribution in [2.45, 2.75) is 78.4 Å². The number of carbonyl (C=O) groups is 3. The predicted molar refractivity (Wildman–Crippen MR) is 156 cm³/mol. The maximum Gasteiger partial charge on any atom is 0.407 e. The van der Waals surface area contributed by atoms with Gasteiger partial charge in [0.05, 0.1) is 52.7 Å². The van der Waals surface area contributed by atoms with Gasteiger partial charge in [0.1, 0.15) is 17.8 Å². The molecule has 2 N–H and O–H groups in total. The second kappa shape index (κ2) is 23.0. The Morgan fingerprint density at radius 1 is 0.659 bits per heavy atom. The van der Waals surface area contributed by atoms with Crippen molar-refractivity contribution < 1.29 is 42.8 Å². The number of nitrogens with zero attached hydrogens (tertiary/aromatic N) is 1. The van der Waals surface area contributed by atoms with Gasteiger partial charge in [-0.2, -0.15) is 0 Å². The van der Waals surface area contributed by atoms with E-state index in [1.807, 2.05) is 20.8 Å². The van der Waals surface area contributed by atoms with Crippen LogP contribution in [-0.2, 0) is 33.2 Å². The zero-order chi connectivity index (χ0) is 31.0. The highest BCUT2D eigenvalue weighted by molar-refractivity contribution is 5.76. The van der Waals surface area contributed by atoms with Gasteiger partial charge in [0.2, 0.25) is 5.91 Å². The summed E-state index contributed by atoms with van der Waals surface area (Å²) in [7, 11) is 0. The van der Waals surface area contributed by atoms with Gasteiger partial charge >= 0.3 is 12.2 Å². The lowest BCUT2D eigenvalue weighted by Crippen LogP contribution is -2.37. The van der Waals surface area contributed by atoms with E-state index in [1.165, 1.54) is 0 Å². The van der Waals surface area contributed by atoms with Gasteiger partial charge in [0.15, 0.2) is 0 Å². The number of carbonyl (C=O) groups excluding carboxylic acids is 3. The molecule has 41 heavy (non-hydrogen) atoms. The fraction of sp³-hybridized carbons (Fsp3) is 0.828. The van der Waals surface area contributed by atoms with Crippen LogP contribution in [0.4, 0.5) is 9.59 Å². The predicted octanol–water partition coefficient (Wildman–Crippen LogP) is 3.12. The summed E-state index contributed by atoms with van der Waals surface area (Å²) in [6.45, 7) is 15.8. The molecule has 0 aromatic heterocycles. The summed E-state index contributed by atoms with van der Waals surface area (Å²) in [5.41, 5.74) is -1.13. The smallest absolute Gasteiger partial charge is 0.407 e. The summed E-state index contributed by atoms with van der Waals surface area (Å²) in [5, 5.41) is 5.44. The summed E-state index contributed by atoms with van der Waals surface area (Å²) >= 11 is 0. The van der Waals surface area contributed by atoms with Crippen molar-refractivity contribution in [3.63, 3.8) is 0 Å². The molecule has 238 valence electrons. The van der Waals surface area contributed by atoms with E-state index in [0.717, 1.165) is 0 Å². The number of nitrogens with one attached hydrogen (secondary N) is 2. The van der Waals surface area contributed by atoms with Gasteiger partial charge in [-0.1, -0.05) is 5.92 Å². The van der Waals surface area contributed by atoms with E-state index in [0.29, 0.717) is 85.1 Å². The molecule has 3 amide bonds. The van der Waals surface area contributed by atoms with Crippen LogP contribution in [-0.4, -0.2) is 113 Å². The highest BCUT2D eigenvalue weighted by Gasteiger charge is 2.17. The van der Waals surface area contributed by atoms with Crippen LogP contribution in [0.3, 0.4) is 0 Å². The largest absolute Gasteiger partial charge is 0.444 e. The Morgan fingerprint density at radius 2 is 1.10 bits per heavy atom. The van der Waals surface area contributed by atoms with Gasteiger partial charge in [0.25, 0.3) is 0 Å². The van der Waals surface area contributed by atoms with Gasteiger partial charge in [-0.25, -0.2) is 9.59 Å². The average Bonchev–Trinajstić information content (AvgIpc) is 2.85. The second-order valence-electron chi connectivity index (χ2n) is 11.1. The quantitative estimate of drug-likeness (QED) is 0.145. The van der Waals surface area contributed by atoms with E-state index >= 15 is 0 Å². The molecule has 0 radical (unpaired) electrons. The van der Waals surface area contributed by atoms with Crippen molar-refractivity contribution in [3.8, 4) is 12.3 Å². The van der Waals surface area contributed by atoms with E-state index in [9.17, 15) is 14.4 Å². The molecule has 0 heterocycles. The van der Waals surface area contributed by atoms with E-state index in [1.54, 1.807) is 25.7 Å². The van der Waals surface area contributed by atoms with E-state index in [2.05, 4.69) is 16.6 Å². The number of rotatable bonds is 22. The molecule has 0 atom stereocenters. The van der Waals surface area contributed by atoms with Gasteiger partial charge in [0, 0.05) is 26.2 Å². The van der Waals surface area contributed by atoms with Crippen molar-refractivity contribution in [2.24, 2.45) is 0 Å². The van der Waals surface area contributed by atoms with E-state index in [4.69, 9.17) is 34.8 Å². The van der Waals surface area contributed by atoms with Gasteiger partial charge in [-0.15, -0.1) is 6.42 Å². The Morgan fingerprint density at radius 3 is 1.59 bits per heavy atom. The lowest BCUT2D eigenvalue weighted by Gasteiger charge is -2.24. The lowest BCUT2D eigenvalue weighted by molar-refractivity contribution is -0.132. The van der Waals surface area contributed by atoms with Gasteiger partial charge in [-0.3, -0.25) is 4.79 Å². The Hall–Kier alpha value is -2.59. The van der Waals surface area contributed by atoms with Crippen LogP contribution in [0.25, 0.3) is 0 Å². The first-order chi connectivity index (χ1) is 19.3. The molecule has 12 nitrogen and oxygen atoms in total. The molecule has 0 fully saturated rings. The highest BCUT2D eigenvalue weighted by Crippen LogP contribution is 2.08. The Labute approximate surface area is 246 Å². The summed E-state index contributed by atoms with van der Waals surface area (Å²) in [6, 6.07) is 0. The van der Waals surface area contributed by atoms with E-state index < -0.39 is 23.4 Å². The van der Waals surface area contributed by atoms with Crippen LogP contribution >= 0.6 is 0 Å². The monoisotopic (exact) mass is 587 g/mol. The molecule has 0 aromatic carbocycles. The standard InChI is InChI=1S/C29H53N3O9/c1-8-17-36-19-21-38-23-24-39-22-20-37-18-12-25(33)32(16-11-14-31-27(35)41-29(5,6)7)15-10-9-13-30-26(34)40-28(2,3)4/h1H,9-24H2,2-7H3,(H,30,34)(H,31,35). The summed E-state index contributed by atoms with van der Waals surface area (Å²) < 4.78 is 31.9. The molecule has 0 aliphatic heterocycles. The Bertz CT molecular complexity index is 758. The van der Waals surface area contributed by atoms with Crippen LogP contribution in [0.5, 0.6) is 0 Å². The minimum atomic E-state index is -0.573. The maximum atomic E-state index is 12.9. The molecular formula is C29H53N3O9. The molecule has 0 rings (SSSR count). The summed E-state index contributed by atoms with van der Waals surface area (Å²) in [5.74, 6) is 2.35. The third-order valence-electron chi connectivity index (χ3n) is 4.91. The molecule has 0 unspecified atom stereocenters. The molecular weight excluding hydrogens is 534 g/mol. The van der Waals surface area contributed by atoms with Crippen LogP contribution in [0, 0.1) is 12.3 Å². The first kappa shape index (κ1) is 38.4. The van der Waals surface area contributed by atoms with Crippen LogP contribution in [0.15, 0.2) is 0 Å². The SMILES string of the molecule is C#CCOCCOCCOCCOCCC(=O)N(CCCCNC(=O)OC(C)(C)C)CCCNC(=O)OC(C)(C)C. The zero-order valence-electron chi connectivity index (χ0n) is 26.0. The maximum absolute atomic E-state index is 12.9. The first-order valence-corrected chi connectivity index (χ1v) is 14.3. The summed E-state index contributed by atoms with van der Waals surface area (Å²) in [4.78, 5) is 38.3. The zero-order valence-corrected chi connectivity index (χ0v) is 26.0. The highest BCUT2D eigenvalue weighted by atomic mass is 16.6. The van der Waals surface area contributed by atoms with Crippen LogP contribution in [0.2, 0.25) is 0 Å². The molecule has 0 aromatic rings. The van der Waals surface area contributed by atoms with E-state index in [-0.39, 0.29) is 25.5 Å². The number of hydrogen-bond acceptors (Lipinski definition) is 9. The number of hydrogen-bond donors (Lipinski definition) is 2. The van der Waals surface area contributed by atoms with Crippen LogP contribution < -0.4 is 10.6 Å². The number of ether oxygens (including phenoxy) is 6. The summed E-state index contributed by atoms with van der Waals surface area (Å²) in [6.07, 6.45) is 6.35. The average molecular weight is 588 g/mol. The van der Waals surface area contributed by atoms with Crippen molar-refractivity contribution in [2.75, 3.05) is 79.0 Å². The molecule has 0 bridgehead atoms. The minimum Gasteiger partial charge on any atom is -0.444 e. The molecule has 0 spiro atoms. The van der Waals surface area contributed by atoms with Gasteiger partial charge in [-0.05, 0) is 60.8 Å². The normalized spacial score (nSPS) is 11.4. The second-order valence-corrected chi connectivity index (χ2v) is 11.1. The van der Waals surface area contributed by atoms with Gasteiger partial charge < -0.3 is 44.0 Å². The molecule has 0 aliphatic rings. The van der Waals surface area contributed by atoms with Crippen molar-refractivity contribution in [1.29, 1.82) is 0 Å². The molecule has 12 heteroatoms. The third-order valence-corrected chi connectivity index (χ3v) is 4.91. The Balaban J connectivity index is 4.30. The van der Waals surface area contributed by atoms with Crippen molar-refractivity contribution >= 4 is 18.1 Å². The third kappa shape index (κ3) is 27.4. The number of alkyl carbamates (subject to hydrolysis) is 2.